The number of terminal acetylenes is 1. The van der Waals surface area contributed by atoms with Gasteiger partial charge in [-0.1, -0.05) is 11.1 Å². The molecular formula is C8H10N6O. The first-order valence-corrected chi connectivity index (χ1v) is 4.04. The van der Waals surface area contributed by atoms with Gasteiger partial charge in [-0.3, -0.25) is 9.80 Å². The van der Waals surface area contributed by atoms with Crippen LogP contribution in [0.5, 0.6) is 0 Å². The monoisotopic (exact) mass is 206 g/mol. The SMILES string of the molecule is C#CCN(C)/N=N/c1nc[nH]c1C(N)=O. The van der Waals surface area contributed by atoms with E-state index in [0.717, 1.165) is 0 Å². The number of nitrogens with zero attached hydrogens (tertiary/aromatic N) is 4. The molecule has 7 heteroatoms. The summed E-state index contributed by atoms with van der Waals surface area (Å²) in [5.41, 5.74) is 5.18. The Bertz CT molecular complexity index is 415. The Balaban J connectivity index is 2.77. The summed E-state index contributed by atoms with van der Waals surface area (Å²) in [7, 11) is 1.65. The first kappa shape index (κ1) is 10.7. The highest BCUT2D eigenvalue weighted by Crippen LogP contribution is 2.13. The van der Waals surface area contributed by atoms with Crippen LogP contribution in [-0.4, -0.2) is 34.5 Å². The smallest absolute Gasteiger partial charge is 0.269 e. The van der Waals surface area contributed by atoms with E-state index in [2.05, 4.69) is 26.2 Å². The first-order chi connectivity index (χ1) is 7.15. The van der Waals surface area contributed by atoms with Gasteiger partial charge in [0.05, 0.1) is 12.9 Å². The molecule has 0 bridgehead atoms. The molecule has 7 nitrogen and oxygen atoms in total. The number of carbonyl (C=O) groups is 1. The minimum Gasteiger partial charge on any atom is -0.364 e. The number of rotatable bonds is 4. The summed E-state index contributed by atoms with van der Waals surface area (Å²) in [5.74, 6) is 1.89. The summed E-state index contributed by atoms with van der Waals surface area (Å²) in [4.78, 5) is 17.2. The van der Waals surface area contributed by atoms with Crippen LogP contribution in [0.2, 0.25) is 0 Å². The number of imidazole rings is 1. The maximum absolute atomic E-state index is 10.9. The van der Waals surface area contributed by atoms with Gasteiger partial charge < -0.3 is 10.7 Å². The molecule has 0 aliphatic rings. The van der Waals surface area contributed by atoms with E-state index in [1.165, 1.54) is 11.3 Å². The van der Waals surface area contributed by atoms with Gasteiger partial charge in [-0.25, -0.2) is 4.98 Å². The fourth-order valence-electron chi connectivity index (χ4n) is 0.827. The quantitative estimate of drug-likeness (QED) is 0.414. The van der Waals surface area contributed by atoms with Crippen molar-refractivity contribution in [2.24, 2.45) is 16.1 Å². The number of aromatic amines is 1. The average Bonchev–Trinajstić information content (AvgIpc) is 2.63. The highest BCUT2D eigenvalue weighted by atomic mass is 16.1. The number of amides is 1. The van der Waals surface area contributed by atoms with Crippen molar-refractivity contribution in [2.45, 2.75) is 0 Å². The molecule has 0 atom stereocenters. The number of H-pyrrole nitrogens is 1. The molecule has 0 aliphatic heterocycles. The van der Waals surface area contributed by atoms with Crippen LogP contribution in [0.1, 0.15) is 10.5 Å². The van der Waals surface area contributed by atoms with Crippen molar-refractivity contribution >= 4 is 11.7 Å². The van der Waals surface area contributed by atoms with Crippen molar-refractivity contribution in [3.8, 4) is 12.3 Å². The Morgan fingerprint density at radius 2 is 2.60 bits per heavy atom. The molecule has 0 radical (unpaired) electrons. The Kier molecular flexibility index (Phi) is 3.40. The van der Waals surface area contributed by atoms with E-state index in [0.29, 0.717) is 6.54 Å². The van der Waals surface area contributed by atoms with E-state index in [-0.39, 0.29) is 11.5 Å². The van der Waals surface area contributed by atoms with Crippen LogP contribution in [0, 0.1) is 12.3 Å². The van der Waals surface area contributed by atoms with Crippen molar-refractivity contribution < 1.29 is 4.79 Å². The van der Waals surface area contributed by atoms with Crippen molar-refractivity contribution in [2.75, 3.05) is 13.6 Å². The molecule has 15 heavy (non-hydrogen) atoms. The number of nitrogens with two attached hydrogens (primary N) is 1. The Morgan fingerprint density at radius 3 is 3.20 bits per heavy atom. The van der Waals surface area contributed by atoms with Crippen LogP contribution >= 0.6 is 0 Å². The summed E-state index contributed by atoms with van der Waals surface area (Å²) < 4.78 is 0. The molecule has 0 fully saturated rings. The summed E-state index contributed by atoms with van der Waals surface area (Å²) in [6, 6.07) is 0. The van der Waals surface area contributed by atoms with E-state index in [4.69, 9.17) is 12.2 Å². The van der Waals surface area contributed by atoms with Gasteiger partial charge in [-0.05, 0) is 0 Å². The maximum Gasteiger partial charge on any atom is 0.269 e. The zero-order chi connectivity index (χ0) is 11.3. The fraction of sp³-hybridized carbons (Fsp3) is 0.250. The molecule has 1 amide bonds. The summed E-state index contributed by atoms with van der Waals surface area (Å²) >= 11 is 0. The van der Waals surface area contributed by atoms with Crippen LogP contribution in [0.25, 0.3) is 0 Å². The molecular weight excluding hydrogens is 196 g/mol. The average molecular weight is 206 g/mol. The zero-order valence-electron chi connectivity index (χ0n) is 8.14. The molecule has 0 saturated carbocycles. The summed E-state index contributed by atoms with van der Waals surface area (Å²) in [6.45, 7) is 0.319. The van der Waals surface area contributed by atoms with Gasteiger partial charge in [0, 0.05) is 7.05 Å². The number of hydrogen-bond acceptors (Lipinski definition) is 4. The summed E-state index contributed by atoms with van der Waals surface area (Å²) in [5, 5.41) is 8.87. The molecule has 1 heterocycles. The van der Waals surface area contributed by atoms with Crippen molar-refractivity contribution in [1.29, 1.82) is 0 Å². The molecule has 0 aromatic carbocycles. The van der Waals surface area contributed by atoms with Gasteiger partial charge in [0.25, 0.3) is 5.91 Å². The third-order valence-electron chi connectivity index (χ3n) is 1.48. The predicted molar refractivity (Wildman–Crippen MR) is 53.1 cm³/mol. The minimum atomic E-state index is -0.638. The second kappa shape index (κ2) is 4.76. The Hall–Kier alpha value is -2.36. The number of aromatic nitrogens is 2. The van der Waals surface area contributed by atoms with Gasteiger partial charge in [0.2, 0.25) is 5.82 Å². The van der Waals surface area contributed by atoms with Crippen molar-refractivity contribution in [3.63, 3.8) is 0 Å². The highest BCUT2D eigenvalue weighted by Gasteiger charge is 2.09. The third kappa shape index (κ3) is 2.80. The van der Waals surface area contributed by atoms with Crippen molar-refractivity contribution in [1.82, 2.24) is 15.0 Å². The van der Waals surface area contributed by atoms with Crippen LogP contribution < -0.4 is 5.73 Å². The molecule has 0 aliphatic carbocycles. The first-order valence-electron chi connectivity index (χ1n) is 4.04. The topological polar surface area (TPSA) is 99.7 Å². The number of carbonyl (C=O) groups excluding carboxylic acids is 1. The predicted octanol–water partition coefficient (Wildman–Crippen LogP) is 0.0723. The van der Waals surface area contributed by atoms with E-state index < -0.39 is 5.91 Å². The number of nitrogens with one attached hydrogen (secondary N) is 1. The number of primary amides is 1. The van der Waals surface area contributed by atoms with Crippen molar-refractivity contribution in [3.05, 3.63) is 12.0 Å². The molecule has 1 aromatic rings. The third-order valence-corrected chi connectivity index (χ3v) is 1.48. The van der Waals surface area contributed by atoms with E-state index in [1.54, 1.807) is 7.05 Å². The van der Waals surface area contributed by atoms with E-state index in [1.807, 2.05) is 0 Å². The fourth-order valence-corrected chi connectivity index (χ4v) is 0.827. The van der Waals surface area contributed by atoms with Gasteiger partial charge in [-0.2, -0.15) is 0 Å². The molecule has 1 aromatic heterocycles. The van der Waals surface area contributed by atoms with E-state index in [9.17, 15) is 4.79 Å². The maximum atomic E-state index is 10.9. The lowest BCUT2D eigenvalue weighted by Crippen LogP contribution is -2.12. The Labute approximate surface area is 86.4 Å². The van der Waals surface area contributed by atoms with Crippen LogP contribution in [0.4, 0.5) is 5.82 Å². The molecule has 0 saturated heterocycles. The second-order valence-corrected chi connectivity index (χ2v) is 2.67. The Morgan fingerprint density at radius 1 is 1.87 bits per heavy atom. The molecule has 78 valence electrons. The van der Waals surface area contributed by atoms with Gasteiger partial charge in [-0.15, -0.1) is 11.5 Å². The minimum absolute atomic E-state index is 0.118. The van der Waals surface area contributed by atoms with Crippen LogP contribution in [0.15, 0.2) is 16.7 Å². The molecule has 3 N–H and O–H groups in total. The van der Waals surface area contributed by atoms with Crippen LogP contribution in [0.3, 0.4) is 0 Å². The lowest BCUT2D eigenvalue weighted by atomic mass is 10.4. The standard InChI is InChI=1S/C8H10N6O/c1-3-4-14(2)13-12-8-6(7(9)15)10-5-11-8/h1,5H,4H2,2H3,(H2,9,15)(H,10,11)/b13-12+. The largest absolute Gasteiger partial charge is 0.364 e. The molecule has 0 spiro atoms. The number of hydrogen-bond donors (Lipinski definition) is 2. The summed E-state index contributed by atoms with van der Waals surface area (Å²) in [6.07, 6.45) is 6.38. The highest BCUT2D eigenvalue weighted by molar-refractivity contribution is 5.94. The van der Waals surface area contributed by atoms with E-state index >= 15 is 0 Å². The lowest BCUT2D eigenvalue weighted by molar-refractivity contribution is 0.0996. The normalized spacial score (nSPS) is 10.1. The molecule has 1 rings (SSSR count). The van der Waals surface area contributed by atoms with Gasteiger partial charge >= 0.3 is 0 Å². The zero-order valence-corrected chi connectivity index (χ0v) is 8.14. The molecule has 0 unspecified atom stereocenters. The van der Waals surface area contributed by atoms with Gasteiger partial charge in [0.1, 0.15) is 0 Å². The van der Waals surface area contributed by atoms with Gasteiger partial charge in [0.15, 0.2) is 5.69 Å². The van der Waals surface area contributed by atoms with Crippen LogP contribution in [-0.2, 0) is 0 Å². The lowest BCUT2D eigenvalue weighted by Gasteiger charge is -2.04. The second-order valence-electron chi connectivity index (χ2n) is 2.67.